The molecule has 0 spiro atoms. The molecule has 0 bridgehead atoms. The van der Waals surface area contributed by atoms with Crippen molar-refractivity contribution in [2.24, 2.45) is 0 Å². The van der Waals surface area contributed by atoms with E-state index in [0.29, 0.717) is 19.4 Å². The van der Waals surface area contributed by atoms with Gasteiger partial charge in [-0.25, -0.2) is 0 Å². The molecule has 0 aromatic heterocycles. The Bertz CT molecular complexity index is 352. The molecule has 1 atom stereocenters. The Labute approximate surface area is 111 Å². The first-order chi connectivity index (χ1) is 8.34. The molecule has 1 heterocycles. The summed E-state index contributed by atoms with van der Waals surface area (Å²) in [5.41, 5.74) is -0.938. The minimum atomic E-state index is -3.46. The lowest BCUT2D eigenvalue weighted by Crippen LogP contribution is -2.51. The van der Waals surface area contributed by atoms with Crippen LogP contribution >= 0.6 is 0 Å². The molecule has 0 amide bonds. The lowest BCUT2D eigenvalue weighted by atomic mass is 9.98. The predicted molar refractivity (Wildman–Crippen MR) is 72.5 cm³/mol. The van der Waals surface area contributed by atoms with Gasteiger partial charge in [-0.3, -0.25) is 0 Å². The summed E-state index contributed by atoms with van der Waals surface area (Å²) in [5, 5.41) is 10.1. The van der Waals surface area contributed by atoms with Crippen molar-refractivity contribution >= 4 is 10.2 Å². The molecule has 1 saturated heterocycles. The molecule has 1 unspecified atom stereocenters. The fraction of sp³-hybridized carbons (Fsp3) is 1.00. The van der Waals surface area contributed by atoms with Crippen LogP contribution < -0.4 is 4.72 Å². The van der Waals surface area contributed by atoms with E-state index in [1.54, 1.807) is 0 Å². The van der Waals surface area contributed by atoms with Gasteiger partial charge in [0, 0.05) is 19.1 Å². The number of nitrogens with zero attached hydrogens (tertiary/aromatic N) is 1. The van der Waals surface area contributed by atoms with Crippen LogP contribution in [0.5, 0.6) is 0 Å². The first kappa shape index (κ1) is 15.9. The second kappa shape index (κ2) is 6.32. The van der Waals surface area contributed by atoms with Gasteiger partial charge in [0.2, 0.25) is 0 Å². The quantitative estimate of drug-likeness (QED) is 0.768. The monoisotopic (exact) mass is 278 g/mol. The number of hydrogen-bond donors (Lipinski definition) is 2. The van der Waals surface area contributed by atoms with Crippen LogP contribution in [-0.2, 0) is 10.2 Å². The number of hydrogen-bond acceptors (Lipinski definition) is 3. The van der Waals surface area contributed by atoms with Crippen LogP contribution in [0.25, 0.3) is 0 Å². The Morgan fingerprint density at radius 1 is 1.33 bits per heavy atom. The Kier molecular flexibility index (Phi) is 5.58. The van der Waals surface area contributed by atoms with Crippen LogP contribution in [0.15, 0.2) is 0 Å². The molecule has 0 aromatic carbocycles. The second-order valence-electron chi connectivity index (χ2n) is 5.21. The maximum atomic E-state index is 12.2. The number of aliphatic hydroxyl groups is 1. The van der Waals surface area contributed by atoms with Crippen molar-refractivity contribution in [3.63, 3.8) is 0 Å². The van der Waals surface area contributed by atoms with E-state index in [1.165, 1.54) is 4.31 Å². The van der Waals surface area contributed by atoms with Crippen molar-refractivity contribution < 1.29 is 13.5 Å². The summed E-state index contributed by atoms with van der Waals surface area (Å²) in [6.45, 7) is 6.32. The fourth-order valence-electron chi connectivity index (χ4n) is 2.24. The Morgan fingerprint density at radius 2 is 1.94 bits per heavy atom. The highest BCUT2D eigenvalue weighted by molar-refractivity contribution is 7.87. The summed E-state index contributed by atoms with van der Waals surface area (Å²) in [6, 6.07) is 0.0487. The minimum Gasteiger partial charge on any atom is -0.389 e. The molecule has 0 radical (unpaired) electrons. The Hall–Kier alpha value is -0.170. The van der Waals surface area contributed by atoms with E-state index >= 15 is 0 Å². The van der Waals surface area contributed by atoms with E-state index in [1.807, 2.05) is 20.8 Å². The smallest absolute Gasteiger partial charge is 0.279 e. The van der Waals surface area contributed by atoms with E-state index < -0.39 is 15.8 Å². The van der Waals surface area contributed by atoms with Crippen molar-refractivity contribution in [2.75, 3.05) is 13.1 Å². The van der Waals surface area contributed by atoms with Crippen molar-refractivity contribution in [3.05, 3.63) is 0 Å². The summed E-state index contributed by atoms with van der Waals surface area (Å²) in [6.07, 6.45) is 3.99. The van der Waals surface area contributed by atoms with Gasteiger partial charge in [-0.05, 0) is 32.6 Å². The topological polar surface area (TPSA) is 69.6 Å². The molecule has 5 nitrogen and oxygen atoms in total. The fourth-order valence-corrected chi connectivity index (χ4v) is 3.80. The van der Waals surface area contributed by atoms with Crippen molar-refractivity contribution in [2.45, 2.75) is 64.5 Å². The third kappa shape index (κ3) is 3.91. The lowest BCUT2D eigenvalue weighted by Gasteiger charge is -2.34. The average molecular weight is 278 g/mol. The van der Waals surface area contributed by atoms with Crippen molar-refractivity contribution in [3.8, 4) is 0 Å². The maximum absolute atomic E-state index is 12.2. The van der Waals surface area contributed by atoms with E-state index in [-0.39, 0.29) is 12.6 Å². The standard InChI is InChI=1S/C12H26N2O3S/c1-4-12(15,5-2)10-13-18(16,17)14-9-7-6-8-11(14)3/h11,13,15H,4-10H2,1-3H3. The molecule has 1 rings (SSSR count). The summed E-state index contributed by atoms with van der Waals surface area (Å²) < 4.78 is 28.4. The van der Waals surface area contributed by atoms with Gasteiger partial charge >= 0.3 is 0 Å². The molecule has 0 saturated carbocycles. The summed E-state index contributed by atoms with van der Waals surface area (Å²) in [5.74, 6) is 0. The van der Waals surface area contributed by atoms with E-state index in [2.05, 4.69) is 4.72 Å². The van der Waals surface area contributed by atoms with Gasteiger partial charge in [0.15, 0.2) is 0 Å². The lowest BCUT2D eigenvalue weighted by molar-refractivity contribution is 0.0371. The molecule has 1 fully saturated rings. The SMILES string of the molecule is CCC(O)(CC)CNS(=O)(=O)N1CCCCC1C. The minimum absolute atomic E-state index is 0.0487. The first-order valence-electron chi connectivity index (χ1n) is 6.83. The second-order valence-corrected chi connectivity index (χ2v) is 6.92. The zero-order valence-electron chi connectivity index (χ0n) is 11.6. The molecule has 1 aliphatic heterocycles. The van der Waals surface area contributed by atoms with Crippen LogP contribution in [0.2, 0.25) is 0 Å². The van der Waals surface area contributed by atoms with E-state index in [9.17, 15) is 13.5 Å². The molecule has 0 aliphatic carbocycles. The largest absolute Gasteiger partial charge is 0.389 e. The third-order valence-electron chi connectivity index (χ3n) is 3.95. The zero-order chi connectivity index (χ0) is 13.8. The third-order valence-corrected chi connectivity index (χ3v) is 5.62. The van der Waals surface area contributed by atoms with Crippen molar-refractivity contribution in [1.29, 1.82) is 0 Å². The molecule has 108 valence electrons. The molecule has 2 N–H and O–H groups in total. The van der Waals surface area contributed by atoms with Crippen LogP contribution in [0.3, 0.4) is 0 Å². The van der Waals surface area contributed by atoms with Crippen molar-refractivity contribution in [1.82, 2.24) is 9.03 Å². The highest BCUT2D eigenvalue weighted by Gasteiger charge is 2.31. The maximum Gasteiger partial charge on any atom is 0.279 e. The van der Waals surface area contributed by atoms with Crippen LogP contribution in [0.1, 0.15) is 52.9 Å². The van der Waals surface area contributed by atoms with Gasteiger partial charge in [0.05, 0.1) is 5.60 Å². The summed E-state index contributed by atoms with van der Waals surface area (Å²) in [4.78, 5) is 0. The highest BCUT2D eigenvalue weighted by atomic mass is 32.2. The number of rotatable bonds is 6. The predicted octanol–water partition coefficient (Wildman–Crippen LogP) is 1.25. The van der Waals surface area contributed by atoms with Gasteiger partial charge in [-0.15, -0.1) is 0 Å². The van der Waals surface area contributed by atoms with Gasteiger partial charge < -0.3 is 5.11 Å². The zero-order valence-corrected chi connectivity index (χ0v) is 12.5. The van der Waals surface area contributed by atoms with E-state index in [4.69, 9.17) is 0 Å². The molecule has 1 aliphatic rings. The van der Waals surface area contributed by atoms with E-state index in [0.717, 1.165) is 19.3 Å². The first-order valence-corrected chi connectivity index (χ1v) is 8.27. The molecular formula is C12H26N2O3S. The number of nitrogens with one attached hydrogen (secondary N) is 1. The van der Waals surface area contributed by atoms with Gasteiger partial charge in [-0.2, -0.15) is 17.4 Å². The highest BCUT2D eigenvalue weighted by Crippen LogP contribution is 2.20. The molecule has 6 heteroatoms. The van der Waals surface area contributed by atoms with Crippen LogP contribution in [0, 0.1) is 0 Å². The Morgan fingerprint density at radius 3 is 2.44 bits per heavy atom. The molecular weight excluding hydrogens is 252 g/mol. The Balaban J connectivity index is 2.64. The normalized spacial score (nSPS) is 23.2. The number of piperidine rings is 1. The summed E-state index contributed by atoms with van der Waals surface area (Å²) in [7, 11) is -3.46. The summed E-state index contributed by atoms with van der Waals surface area (Å²) >= 11 is 0. The van der Waals surface area contributed by atoms with Gasteiger partial charge in [0.25, 0.3) is 10.2 Å². The van der Waals surface area contributed by atoms with Crippen LogP contribution in [-0.4, -0.2) is 42.6 Å². The molecule has 0 aromatic rings. The van der Waals surface area contributed by atoms with Gasteiger partial charge in [0.1, 0.15) is 0 Å². The van der Waals surface area contributed by atoms with Crippen LogP contribution in [0.4, 0.5) is 0 Å². The van der Waals surface area contributed by atoms with Gasteiger partial charge in [-0.1, -0.05) is 20.3 Å². The average Bonchev–Trinajstić information content (AvgIpc) is 2.36. The molecule has 18 heavy (non-hydrogen) atoms.